The molecule has 6 heteroatoms. The molecule has 1 heterocycles. The van der Waals surface area contributed by atoms with E-state index in [0.29, 0.717) is 25.2 Å². The lowest BCUT2D eigenvalue weighted by Crippen LogP contribution is -2.36. The molecule has 0 spiro atoms. The van der Waals surface area contributed by atoms with Crippen LogP contribution in [-0.2, 0) is 17.6 Å². The standard InChI is InChI=1S/C25H20N4O2/c26-16-25(10-11-25)27-22(30)15-24-29-28-23(31-24)13-17-6-7-21-14-20(9-8-19(21)12-17)18-4-2-1-3-5-18/h1-9,12,14H,10-11,13,15H2,(H,27,30). The molecule has 0 radical (unpaired) electrons. The minimum atomic E-state index is -0.689. The summed E-state index contributed by atoms with van der Waals surface area (Å²) in [4.78, 5) is 12.1. The van der Waals surface area contributed by atoms with Crippen LogP contribution in [0.2, 0.25) is 0 Å². The fourth-order valence-corrected chi connectivity index (χ4v) is 3.66. The molecule has 31 heavy (non-hydrogen) atoms. The van der Waals surface area contributed by atoms with Crippen molar-refractivity contribution in [2.45, 2.75) is 31.2 Å². The number of nitrogens with one attached hydrogen (secondary N) is 1. The second-order valence-electron chi connectivity index (χ2n) is 7.95. The van der Waals surface area contributed by atoms with Crippen LogP contribution in [0.5, 0.6) is 0 Å². The highest BCUT2D eigenvalue weighted by Crippen LogP contribution is 2.34. The number of nitriles is 1. The van der Waals surface area contributed by atoms with Gasteiger partial charge in [-0.15, -0.1) is 10.2 Å². The first kappa shape index (κ1) is 19.0. The molecule has 4 aromatic rings. The van der Waals surface area contributed by atoms with Crippen molar-refractivity contribution in [3.8, 4) is 17.2 Å². The van der Waals surface area contributed by atoms with Gasteiger partial charge in [-0.2, -0.15) is 5.26 Å². The molecule has 1 amide bonds. The van der Waals surface area contributed by atoms with Crippen LogP contribution < -0.4 is 5.32 Å². The number of carbonyl (C=O) groups excluding carboxylic acids is 1. The topological polar surface area (TPSA) is 91.8 Å². The number of hydrogen-bond acceptors (Lipinski definition) is 5. The predicted octanol–water partition coefficient (Wildman–Crippen LogP) is 4.20. The SMILES string of the molecule is N#CC1(NC(=O)Cc2nnc(Cc3ccc4cc(-c5ccccc5)ccc4c3)o2)CC1. The highest BCUT2D eigenvalue weighted by atomic mass is 16.4. The number of carbonyl (C=O) groups is 1. The zero-order chi connectivity index (χ0) is 21.3. The summed E-state index contributed by atoms with van der Waals surface area (Å²) in [5.41, 5.74) is 2.75. The number of fused-ring (bicyclic) bond motifs is 1. The second-order valence-corrected chi connectivity index (χ2v) is 7.95. The first-order valence-corrected chi connectivity index (χ1v) is 10.2. The molecule has 1 N–H and O–H groups in total. The number of hydrogen-bond donors (Lipinski definition) is 1. The molecule has 0 aliphatic heterocycles. The van der Waals surface area contributed by atoms with Gasteiger partial charge >= 0.3 is 0 Å². The van der Waals surface area contributed by atoms with Crippen LogP contribution in [0.15, 0.2) is 71.1 Å². The van der Waals surface area contributed by atoms with Crippen molar-refractivity contribution in [1.82, 2.24) is 15.5 Å². The van der Waals surface area contributed by atoms with Crippen LogP contribution in [-0.4, -0.2) is 21.6 Å². The largest absolute Gasteiger partial charge is 0.424 e. The van der Waals surface area contributed by atoms with E-state index in [2.05, 4.69) is 70.1 Å². The molecule has 1 fully saturated rings. The van der Waals surface area contributed by atoms with Crippen LogP contribution in [0, 0.1) is 11.3 Å². The van der Waals surface area contributed by atoms with Crippen molar-refractivity contribution in [3.63, 3.8) is 0 Å². The van der Waals surface area contributed by atoms with Crippen LogP contribution >= 0.6 is 0 Å². The fourth-order valence-electron chi connectivity index (χ4n) is 3.66. The third-order valence-corrected chi connectivity index (χ3v) is 5.53. The van der Waals surface area contributed by atoms with Crippen LogP contribution in [0.4, 0.5) is 0 Å². The Morgan fingerprint density at radius 3 is 2.48 bits per heavy atom. The molecule has 0 saturated heterocycles. The van der Waals surface area contributed by atoms with Crippen molar-refractivity contribution >= 4 is 16.7 Å². The fraction of sp³-hybridized carbons (Fsp3) is 0.200. The highest BCUT2D eigenvalue weighted by molar-refractivity contribution is 5.88. The summed E-state index contributed by atoms with van der Waals surface area (Å²) in [5, 5.41) is 22.2. The maximum atomic E-state index is 12.1. The molecule has 0 bridgehead atoms. The van der Waals surface area contributed by atoms with E-state index in [1.54, 1.807) is 0 Å². The van der Waals surface area contributed by atoms with E-state index in [9.17, 15) is 4.79 Å². The van der Waals surface area contributed by atoms with Crippen molar-refractivity contribution < 1.29 is 9.21 Å². The third-order valence-electron chi connectivity index (χ3n) is 5.53. The molecule has 0 atom stereocenters. The lowest BCUT2D eigenvalue weighted by Gasteiger charge is -2.07. The normalized spacial score (nSPS) is 14.2. The van der Waals surface area contributed by atoms with Gasteiger partial charge in [0.1, 0.15) is 12.0 Å². The molecule has 1 aliphatic carbocycles. The van der Waals surface area contributed by atoms with Gasteiger partial charge < -0.3 is 9.73 Å². The minimum absolute atomic E-state index is 0.0174. The summed E-state index contributed by atoms with van der Waals surface area (Å²) >= 11 is 0. The van der Waals surface area contributed by atoms with E-state index in [1.807, 2.05) is 18.2 Å². The maximum Gasteiger partial charge on any atom is 0.230 e. The molecular formula is C25H20N4O2. The summed E-state index contributed by atoms with van der Waals surface area (Å²) < 4.78 is 5.65. The van der Waals surface area contributed by atoms with Gasteiger partial charge in [-0.25, -0.2) is 0 Å². The Labute approximate surface area is 179 Å². The molecule has 3 aromatic carbocycles. The number of benzene rings is 3. The van der Waals surface area contributed by atoms with Gasteiger partial charge in [-0.1, -0.05) is 60.7 Å². The second kappa shape index (κ2) is 7.69. The zero-order valence-corrected chi connectivity index (χ0v) is 16.8. The number of nitrogens with zero attached hydrogens (tertiary/aromatic N) is 3. The Kier molecular flexibility index (Phi) is 4.72. The molecule has 152 valence electrons. The Hall–Kier alpha value is -3.98. The lowest BCUT2D eigenvalue weighted by atomic mass is 9.99. The molecule has 1 aromatic heterocycles. The van der Waals surface area contributed by atoms with Gasteiger partial charge in [-0.3, -0.25) is 4.79 Å². The first-order valence-electron chi connectivity index (χ1n) is 10.2. The zero-order valence-electron chi connectivity index (χ0n) is 16.8. The van der Waals surface area contributed by atoms with Crippen molar-refractivity contribution in [2.75, 3.05) is 0 Å². The molecule has 1 aliphatic rings. The molecule has 5 rings (SSSR count). The van der Waals surface area contributed by atoms with Crippen LogP contribution in [0.25, 0.3) is 21.9 Å². The van der Waals surface area contributed by atoms with Crippen molar-refractivity contribution in [2.24, 2.45) is 0 Å². The van der Waals surface area contributed by atoms with E-state index in [4.69, 9.17) is 9.68 Å². The van der Waals surface area contributed by atoms with E-state index >= 15 is 0 Å². The van der Waals surface area contributed by atoms with Gasteiger partial charge in [0.25, 0.3) is 0 Å². The summed E-state index contributed by atoms with van der Waals surface area (Å²) in [5.74, 6) is 0.452. The average Bonchev–Trinajstić information content (AvgIpc) is 3.44. The number of rotatable bonds is 6. The maximum absolute atomic E-state index is 12.1. The molecule has 0 unspecified atom stereocenters. The quantitative estimate of drug-likeness (QED) is 0.516. The Morgan fingerprint density at radius 2 is 1.71 bits per heavy atom. The Bertz CT molecular complexity index is 1300. The Balaban J connectivity index is 1.27. The van der Waals surface area contributed by atoms with Crippen molar-refractivity contribution in [3.05, 3.63) is 84.1 Å². The van der Waals surface area contributed by atoms with Gasteiger partial charge in [0.15, 0.2) is 0 Å². The third kappa shape index (κ3) is 4.17. The smallest absolute Gasteiger partial charge is 0.230 e. The van der Waals surface area contributed by atoms with E-state index < -0.39 is 5.54 Å². The summed E-state index contributed by atoms with van der Waals surface area (Å²) in [6, 6.07) is 25.1. The molecule has 1 saturated carbocycles. The van der Waals surface area contributed by atoms with Gasteiger partial charge in [-0.05, 0) is 46.4 Å². The van der Waals surface area contributed by atoms with Crippen LogP contribution in [0.1, 0.15) is 30.2 Å². The average molecular weight is 408 g/mol. The van der Waals surface area contributed by atoms with E-state index in [1.165, 1.54) is 16.5 Å². The highest BCUT2D eigenvalue weighted by Gasteiger charge is 2.44. The Morgan fingerprint density at radius 1 is 0.968 bits per heavy atom. The van der Waals surface area contributed by atoms with E-state index in [0.717, 1.165) is 10.9 Å². The predicted molar refractivity (Wildman–Crippen MR) is 116 cm³/mol. The number of amides is 1. The van der Waals surface area contributed by atoms with Gasteiger partial charge in [0.2, 0.25) is 17.7 Å². The molecular weight excluding hydrogens is 388 g/mol. The van der Waals surface area contributed by atoms with E-state index in [-0.39, 0.29) is 18.2 Å². The van der Waals surface area contributed by atoms with Gasteiger partial charge in [0, 0.05) is 0 Å². The summed E-state index contributed by atoms with van der Waals surface area (Å²) in [6.45, 7) is 0. The van der Waals surface area contributed by atoms with Gasteiger partial charge in [0.05, 0.1) is 12.5 Å². The lowest BCUT2D eigenvalue weighted by molar-refractivity contribution is -0.121. The first-order chi connectivity index (χ1) is 15.1. The summed E-state index contributed by atoms with van der Waals surface area (Å²) in [7, 11) is 0. The summed E-state index contributed by atoms with van der Waals surface area (Å²) in [6.07, 6.45) is 1.86. The van der Waals surface area contributed by atoms with Crippen LogP contribution in [0.3, 0.4) is 0 Å². The van der Waals surface area contributed by atoms with Crippen molar-refractivity contribution in [1.29, 1.82) is 5.26 Å². The monoisotopic (exact) mass is 408 g/mol. The molecule has 6 nitrogen and oxygen atoms in total. The number of aromatic nitrogens is 2. The minimum Gasteiger partial charge on any atom is -0.424 e.